The number of amides is 1. The third kappa shape index (κ3) is 4.07. The van der Waals surface area contributed by atoms with Crippen LogP contribution < -0.4 is 9.47 Å². The van der Waals surface area contributed by atoms with E-state index in [-0.39, 0.29) is 17.9 Å². The van der Waals surface area contributed by atoms with E-state index in [1.807, 2.05) is 11.0 Å². The number of ether oxygens (including phenoxy) is 2. The zero-order valence-electron chi connectivity index (χ0n) is 22.8. The summed E-state index contributed by atoms with van der Waals surface area (Å²) in [5.41, 5.74) is -0.333. The van der Waals surface area contributed by atoms with Gasteiger partial charge in [-0.25, -0.2) is 0 Å². The Labute approximate surface area is 240 Å². The molecule has 1 spiro atoms. The third-order valence-electron chi connectivity index (χ3n) is 9.47. The molecule has 220 valence electrons. The van der Waals surface area contributed by atoms with Crippen LogP contribution in [0.2, 0.25) is 0 Å². The molecular weight excluding hydrogens is 551 g/mol. The molecule has 6 rings (SSSR count). The van der Waals surface area contributed by atoms with Gasteiger partial charge >= 0.3 is 6.36 Å². The number of likely N-dealkylation sites (N-methyl/N-ethyl adjacent to an activating group) is 1. The molecule has 2 aromatic carbocycles. The van der Waals surface area contributed by atoms with E-state index < -0.39 is 53.3 Å². The molecule has 2 aliphatic carbocycles. The molecule has 8 nitrogen and oxygen atoms in total. The minimum Gasteiger partial charge on any atom is -0.504 e. The number of hydrogen-bond donors (Lipinski definition) is 2. The number of rotatable bonds is 6. The van der Waals surface area contributed by atoms with Crippen LogP contribution >= 0.6 is 0 Å². The molecule has 1 amide bonds. The molecule has 2 heterocycles. The van der Waals surface area contributed by atoms with Crippen molar-refractivity contribution in [1.82, 2.24) is 9.80 Å². The summed E-state index contributed by atoms with van der Waals surface area (Å²) in [6, 6.07) is 9.65. The van der Waals surface area contributed by atoms with Gasteiger partial charge in [-0.3, -0.25) is 9.69 Å². The van der Waals surface area contributed by atoms with Gasteiger partial charge in [0.05, 0.1) is 29.2 Å². The highest BCUT2D eigenvalue weighted by molar-refractivity contribution is 5.92. The van der Waals surface area contributed by atoms with Crippen molar-refractivity contribution >= 4 is 12.0 Å². The fourth-order valence-corrected chi connectivity index (χ4v) is 7.82. The van der Waals surface area contributed by atoms with Crippen molar-refractivity contribution in [2.24, 2.45) is 0 Å². The van der Waals surface area contributed by atoms with Crippen molar-refractivity contribution in [2.75, 3.05) is 13.6 Å². The van der Waals surface area contributed by atoms with Crippen molar-refractivity contribution in [2.45, 2.75) is 67.3 Å². The number of piperidine rings is 1. The summed E-state index contributed by atoms with van der Waals surface area (Å²) < 4.78 is 48.4. The molecule has 2 fully saturated rings. The minimum absolute atomic E-state index is 0.0612. The van der Waals surface area contributed by atoms with Gasteiger partial charge in [0.25, 0.3) is 0 Å². The largest absolute Gasteiger partial charge is 0.573 e. The number of phenolic OH excluding ortho intramolecular Hbond substituents is 1. The van der Waals surface area contributed by atoms with Crippen molar-refractivity contribution in [1.29, 1.82) is 5.26 Å². The Morgan fingerprint density at radius 1 is 1.36 bits per heavy atom. The fraction of sp³-hybridized carbons (Fsp3) is 0.419. The highest BCUT2D eigenvalue weighted by atomic mass is 19.4. The molecular formula is C31H30F3N3O5. The molecule has 4 aliphatic rings. The van der Waals surface area contributed by atoms with Crippen LogP contribution in [-0.2, 0) is 16.6 Å². The number of carbonyl (C=O) groups excluding carboxylic acids is 1. The normalized spacial score (nSPS) is 31.1. The second-order valence-electron chi connectivity index (χ2n) is 11.4. The fourth-order valence-electron chi connectivity index (χ4n) is 7.82. The predicted octanol–water partition coefficient (Wildman–Crippen LogP) is 4.06. The number of halogens is 3. The highest BCUT2D eigenvalue weighted by Crippen LogP contribution is 2.66. The van der Waals surface area contributed by atoms with Gasteiger partial charge in [-0.05, 0) is 61.1 Å². The maximum Gasteiger partial charge on any atom is 0.573 e. The molecule has 1 saturated carbocycles. The molecule has 2 aliphatic heterocycles. The van der Waals surface area contributed by atoms with Crippen molar-refractivity contribution < 1.29 is 37.7 Å². The second kappa shape index (κ2) is 9.78. The molecule has 6 atom stereocenters. The molecule has 2 aromatic rings. The lowest BCUT2D eigenvalue weighted by molar-refractivity contribution is -0.274. The van der Waals surface area contributed by atoms with Gasteiger partial charge in [-0.15, -0.1) is 19.8 Å². The zero-order chi connectivity index (χ0) is 30.0. The molecule has 1 saturated heterocycles. The molecule has 2 bridgehead atoms. The van der Waals surface area contributed by atoms with Crippen molar-refractivity contribution in [3.05, 3.63) is 71.8 Å². The van der Waals surface area contributed by atoms with Gasteiger partial charge in [-0.1, -0.05) is 24.3 Å². The number of nitrogens with zero attached hydrogens (tertiary/aromatic N) is 3. The first-order valence-electron chi connectivity index (χ1n) is 13.7. The average Bonchev–Trinajstić information content (AvgIpc) is 3.29. The summed E-state index contributed by atoms with van der Waals surface area (Å²) in [5, 5.41) is 33.6. The van der Waals surface area contributed by atoms with E-state index in [9.17, 15) is 33.4 Å². The molecule has 2 N–H and O–H groups in total. The van der Waals surface area contributed by atoms with Crippen LogP contribution in [-0.4, -0.2) is 75.7 Å². The average molecular weight is 582 g/mol. The number of aromatic hydroxyl groups is 1. The van der Waals surface area contributed by atoms with Crippen LogP contribution in [0.15, 0.2) is 55.1 Å². The SMILES string of the molecule is C=CCN1C(C#N)C[C@]23c4c5ccc(O)c4OC2C(N(C)C(=O)/C=C/c2cccc(OC(F)(F)F)c2)CC[C@@]3(O)[C@H]1C5. The maximum atomic E-state index is 13.4. The maximum absolute atomic E-state index is 13.4. The Morgan fingerprint density at radius 3 is 2.86 bits per heavy atom. The van der Waals surface area contributed by atoms with Crippen LogP contribution in [0.3, 0.4) is 0 Å². The van der Waals surface area contributed by atoms with Gasteiger partial charge in [0.2, 0.25) is 5.91 Å². The summed E-state index contributed by atoms with van der Waals surface area (Å²) in [6.07, 6.45) is 0.276. The first-order valence-corrected chi connectivity index (χ1v) is 13.7. The van der Waals surface area contributed by atoms with E-state index in [0.29, 0.717) is 36.9 Å². The van der Waals surface area contributed by atoms with Crippen LogP contribution in [0.25, 0.3) is 6.08 Å². The van der Waals surface area contributed by atoms with Crippen LogP contribution in [0.1, 0.15) is 36.0 Å². The number of likely N-dealkylation sites (tertiary alicyclic amines) is 1. The summed E-state index contributed by atoms with van der Waals surface area (Å²) in [7, 11) is 1.61. The number of carbonyl (C=O) groups is 1. The van der Waals surface area contributed by atoms with E-state index in [0.717, 1.165) is 5.56 Å². The molecule has 42 heavy (non-hydrogen) atoms. The molecule has 3 unspecified atom stereocenters. The first kappa shape index (κ1) is 28.1. The number of hydrogen-bond acceptors (Lipinski definition) is 7. The van der Waals surface area contributed by atoms with E-state index in [2.05, 4.69) is 17.4 Å². The monoisotopic (exact) mass is 581 g/mol. The first-order chi connectivity index (χ1) is 19.9. The lowest BCUT2D eigenvalue weighted by Gasteiger charge is -2.65. The van der Waals surface area contributed by atoms with Crippen LogP contribution in [0.5, 0.6) is 17.2 Å². The summed E-state index contributed by atoms with van der Waals surface area (Å²) in [5.74, 6) is -0.589. The van der Waals surface area contributed by atoms with Crippen LogP contribution in [0.4, 0.5) is 13.2 Å². The van der Waals surface area contributed by atoms with E-state index in [1.54, 1.807) is 25.3 Å². The topological polar surface area (TPSA) is 106 Å². The number of benzene rings is 2. The Balaban J connectivity index is 1.35. The Hall–Kier alpha value is -4.01. The van der Waals surface area contributed by atoms with Gasteiger partial charge < -0.3 is 24.6 Å². The lowest BCUT2D eigenvalue weighted by Crippen LogP contribution is -2.79. The molecule has 0 radical (unpaired) electrons. The van der Waals surface area contributed by atoms with Crippen molar-refractivity contribution in [3.8, 4) is 23.3 Å². The van der Waals surface area contributed by atoms with E-state index >= 15 is 0 Å². The van der Waals surface area contributed by atoms with Gasteiger partial charge in [0, 0.05) is 31.3 Å². The number of nitriles is 1. The number of phenols is 1. The smallest absolute Gasteiger partial charge is 0.504 e. The van der Waals surface area contributed by atoms with Gasteiger partial charge in [0.15, 0.2) is 11.5 Å². The Morgan fingerprint density at radius 2 is 2.14 bits per heavy atom. The molecule has 11 heteroatoms. The standard InChI is InChI=1S/C31H30F3N3O5/c1-3-13-37-20(17-35)16-29-26-19-8-9-23(38)27(26)41-28(29)22(11-12-30(29,40)24(37)15-19)36(2)25(39)10-7-18-5-4-6-21(14-18)42-31(32,33)34/h3-10,14,20,22,24,28,38,40H,1,11-13,15-16H2,2H3/b10-7+/t20?,22?,24-,28?,29+,30-/m1/s1. The van der Waals surface area contributed by atoms with Gasteiger partial charge in [-0.2, -0.15) is 5.26 Å². The minimum atomic E-state index is -4.83. The summed E-state index contributed by atoms with van der Waals surface area (Å²) in [4.78, 5) is 16.9. The summed E-state index contributed by atoms with van der Waals surface area (Å²) >= 11 is 0. The summed E-state index contributed by atoms with van der Waals surface area (Å²) in [6.45, 7) is 4.28. The quantitative estimate of drug-likeness (QED) is 0.392. The number of aliphatic hydroxyl groups is 1. The molecule has 0 aromatic heterocycles. The highest BCUT2D eigenvalue weighted by Gasteiger charge is 2.74. The van der Waals surface area contributed by atoms with Crippen LogP contribution in [0, 0.1) is 11.3 Å². The van der Waals surface area contributed by atoms with Gasteiger partial charge in [0.1, 0.15) is 11.9 Å². The predicted molar refractivity (Wildman–Crippen MR) is 146 cm³/mol. The van der Waals surface area contributed by atoms with E-state index in [1.165, 1.54) is 35.3 Å². The van der Waals surface area contributed by atoms with E-state index in [4.69, 9.17) is 4.74 Å². The zero-order valence-corrected chi connectivity index (χ0v) is 22.8. The lowest BCUT2D eigenvalue weighted by atomic mass is 9.47. The number of alkyl halides is 3. The Kier molecular flexibility index (Phi) is 6.55. The Bertz CT molecular complexity index is 1520. The second-order valence-corrected chi connectivity index (χ2v) is 11.4. The van der Waals surface area contributed by atoms with Crippen molar-refractivity contribution in [3.63, 3.8) is 0 Å². The third-order valence-corrected chi connectivity index (χ3v) is 9.47.